The second kappa shape index (κ2) is 7.76. The molecule has 2 heterocycles. The van der Waals surface area contributed by atoms with Crippen LogP contribution >= 0.6 is 11.8 Å². The van der Waals surface area contributed by atoms with Crippen molar-refractivity contribution < 1.29 is 18.0 Å². The number of rotatable bonds is 5. The summed E-state index contributed by atoms with van der Waals surface area (Å²) < 4.78 is 26.9. The highest BCUT2D eigenvalue weighted by Gasteiger charge is 2.26. The van der Waals surface area contributed by atoms with Gasteiger partial charge in [-0.05, 0) is 31.0 Å². The molecular weight excluding hydrogens is 362 g/mol. The van der Waals surface area contributed by atoms with Crippen molar-refractivity contribution in [1.29, 1.82) is 0 Å². The molecule has 2 saturated heterocycles. The SMILES string of the molecule is O=C(CN1CSCC1=O)Nc1cccc(S(=O)(=O)N2CCCCC2)c1. The third-order valence-electron chi connectivity index (χ3n) is 4.23. The van der Waals surface area contributed by atoms with Crippen LogP contribution in [0.4, 0.5) is 5.69 Å². The van der Waals surface area contributed by atoms with Gasteiger partial charge in [0, 0.05) is 18.8 Å². The highest BCUT2D eigenvalue weighted by atomic mass is 32.2. The number of anilines is 1. The van der Waals surface area contributed by atoms with Crippen LogP contribution < -0.4 is 5.32 Å². The zero-order valence-electron chi connectivity index (χ0n) is 13.8. The summed E-state index contributed by atoms with van der Waals surface area (Å²) in [5, 5.41) is 2.68. The molecule has 1 N–H and O–H groups in total. The molecule has 0 saturated carbocycles. The van der Waals surface area contributed by atoms with Gasteiger partial charge in [0.2, 0.25) is 21.8 Å². The fourth-order valence-corrected chi connectivity index (χ4v) is 5.37. The lowest BCUT2D eigenvalue weighted by molar-refractivity contribution is -0.130. The molecule has 0 aromatic heterocycles. The van der Waals surface area contributed by atoms with Crippen LogP contribution in [0.25, 0.3) is 0 Å². The molecule has 1 aromatic rings. The summed E-state index contributed by atoms with van der Waals surface area (Å²) in [6.45, 7) is 1.05. The number of carbonyl (C=O) groups is 2. The zero-order chi connectivity index (χ0) is 17.9. The average Bonchev–Trinajstić information content (AvgIpc) is 3.00. The van der Waals surface area contributed by atoms with Crippen molar-refractivity contribution in [3.63, 3.8) is 0 Å². The van der Waals surface area contributed by atoms with Crippen LogP contribution in [-0.2, 0) is 19.6 Å². The maximum atomic E-state index is 12.7. The van der Waals surface area contributed by atoms with Gasteiger partial charge in [-0.15, -0.1) is 11.8 Å². The second-order valence-corrected chi connectivity index (χ2v) is 9.00. The number of benzene rings is 1. The number of nitrogens with zero attached hydrogens (tertiary/aromatic N) is 2. The molecule has 0 aliphatic carbocycles. The molecule has 25 heavy (non-hydrogen) atoms. The van der Waals surface area contributed by atoms with Crippen LogP contribution in [0.5, 0.6) is 0 Å². The number of nitrogens with one attached hydrogen (secondary N) is 1. The Morgan fingerprint density at radius 2 is 1.96 bits per heavy atom. The lowest BCUT2D eigenvalue weighted by atomic mass is 10.2. The summed E-state index contributed by atoms with van der Waals surface area (Å²) in [7, 11) is -3.54. The molecule has 2 aliphatic rings. The van der Waals surface area contributed by atoms with Crippen molar-refractivity contribution in [2.45, 2.75) is 24.2 Å². The van der Waals surface area contributed by atoms with E-state index in [1.807, 2.05) is 0 Å². The summed E-state index contributed by atoms with van der Waals surface area (Å²) in [5.41, 5.74) is 0.419. The topological polar surface area (TPSA) is 86.8 Å². The van der Waals surface area contributed by atoms with Crippen LogP contribution in [0.15, 0.2) is 29.2 Å². The molecular formula is C16H21N3O4S2. The van der Waals surface area contributed by atoms with Gasteiger partial charge in [-0.2, -0.15) is 4.31 Å². The van der Waals surface area contributed by atoms with Gasteiger partial charge in [0.25, 0.3) is 0 Å². The van der Waals surface area contributed by atoms with Gasteiger partial charge in [0.15, 0.2) is 0 Å². The lowest BCUT2D eigenvalue weighted by Crippen LogP contribution is -2.36. The summed E-state index contributed by atoms with van der Waals surface area (Å²) >= 11 is 1.47. The van der Waals surface area contributed by atoms with E-state index in [4.69, 9.17) is 0 Å². The molecule has 3 rings (SSSR count). The van der Waals surface area contributed by atoms with Crippen LogP contribution in [0, 0.1) is 0 Å². The molecule has 0 unspecified atom stereocenters. The Morgan fingerprint density at radius 1 is 1.20 bits per heavy atom. The first kappa shape index (κ1) is 18.2. The van der Waals surface area contributed by atoms with E-state index >= 15 is 0 Å². The first-order valence-corrected chi connectivity index (χ1v) is 10.8. The van der Waals surface area contributed by atoms with Gasteiger partial charge in [0.05, 0.1) is 16.5 Å². The number of sulfonamides is 1. The standard InChI is InChI=1S/C16H21N3O4S2/c20-15(10-18-12-24-11-16(18)21)17-13-5-4-6-14(9-13)25(22,23)19-7-2-1-3-8-19/h4-6,9H,1-3,7-8,10-12H2,(H,17,20). The van der Waals surface area contributed by atoms with E-state index in [2.05, 4.69) is 5.32 Å². The van der Waals surface area contributed by atoms with Gasteiger partial charge in [-0.3, -0.25) is 9.59 Å². The van der Waals surface area contributed by atoms with Gasteiger partial charge >= 0.3 is 0 Å². The minimum absolute atomic E-state index is 0.0189. The second-order valence-electron chi connectivity index (χ2n) is 6.11. The quantitative estimate of drug-likeness (QED) is 0.829. The van der Waals surface area contributed by atoms with Gasteiger partial charge in [0.1, 0.15) is 6.54 Å². The van der Waals surface area contributed by atoms with Crippen LogP contribution in [0.2, 0.25) is 0 Å². The van der Waals surface area contributed by atoms with Gasteiger partial charge < -0.3 is 10.2 Å². The predicted octanol–water partition coefficient (Wildman–Crippen LogP) is 1.33. The fourth-order valence-electron chi connectivity index (χ4n) is 2.90. The molecule has 0 radical (unpaired) electrons. The van der Waals surface area contributed by atoms with E-state index in [0.29, 0.717) is 30.4 Å². The highest BCUT2D eigenvalue weighted by molar-refractivity contribution is 8.00. The van der Waals surface area contributed by atoms with E-state index in [9.17, 15) is 18.0 Å². The number of piperidine rings is 1. The third kappa shape index (κ3) is 4.34. The van der Waals surface area contributed by atoms with Gasteiger partial charge in [-0.1, -0.05) is 12.5 Å². The maximum Gasteiger partial charge on any atom is 0.244 e. The molecule has 2 aliphatic heterocycles. The fraction of sp³-hybridized carbons (Fsp3) is 0.500. The van der Waals surface area contributed by atoms with E-state index in [-0.39, 0.29) is 23.3 Å². The molecule has 9 heteroatoms. The Kier molecular flexibility index (Phi) is 5.65. The minimum atomic E-state index is -3.54. The van der Waals surface area contributed by atoms with E-state index in [0.717, 1.165) is 19.3 Å². The Labute approximate surface area is 151 Å². The Balaban J connectivity index is 1.68. The molecule has 136 valence electrons. The monoisotopic (exact) mass is 383 g/mol. The molecule has 0 bridgehead atoms. The number of hydrogen-bond donors (Lipinski definition) is 1. The van der Waals surface area contributed by atoms with Crippen molar-refractivity contribution in [2.24, 2.45) is 0 Å². The van der Waals surface area contributed by atoms with E-state index < -0.39 is 10.0 Å². The van der Waals surface area contributed by atoms with Crippen molar-refractivity contribution >= 4 is 39.3 Å². The average molecular weight is 383 g/mol. The Hall–Kier alpha value is -1.58. The van der Waals surface area contributed by atoms with Crippen molar-refractivity contribution in [3.05, 3.63) is 24.3 Å². The number of thioether (sulfide) groups is 1. The van der Waals surface area contributed by atoms with Crippen molar-refractivity contribution in [3.8, 4) is 0 Å². The normalized spacial score (nSPS) is 19.2. The van der Waals surface area contributed by atoms with Gasteiger partial charge in [-0.25, -0.2) is 8.42 Å². The van der Waals surface area contributed by atoms with Crippen LogP contribution in [0.1, 0.15) is 19.3 Å². The molecule has 7 nitrogen and oxygen atoms in total. The maximum absolute atomic E-state index is 12.7. The molecule has 0 spiro atoms. The summed E-state index contributed by atoms with van der Waals surface area (Å²) in [6, 6.07) is 6.28. The van der Waals surface area contributed by atoms with Crippen molar-refractivity contribution in [2.75, 3.05) is 36.6 Å². The summed E-state index contributed by atoms with van der Waals surface area (Å²) in [4.78, 5) is 25.3. The number of carbonyl (C=O) groups excluding carboxylic acids is 2. The van der Waals surface area contributed by atoms with Crippen molar-refractivity contribution in [1.82, 2.24) is 9.21 Å². The molecule has 2 fully saturated rings. The predicted molar refractivity (Wildman–Crippen MR) is 96.7 cm³/mol. The third-order valence-corrected chi connectivity index (χ3v) is 7.07. The molecule has 2 amide bonds. The summed E-state index contributed by atoms with van der Waals surface area (Å²) in [5.74, 6) is 0.525. The Bertz CT molecular complexity index is 760. The first-order valence-electron chi connectivity index (χ1n) is 8.22. The number of amides is 2. The van der Waals surface area contributed by atoms with Crippen LogP contribution in [0.3, 0.4) is 0 Å². The smallest absolute Gasteiger partial charge is 0.244 e. The molecule has 1 aromatic carbocycles. The zero-order valence-corrected chi connectivity index (χ0v) is 15.4. The lowest BCUT2D eigenvalue weighted by Gasteiger charge is -2.26. The van der Waals surface area contributed by atoms with Crippen LogP contribution in [-0.4, -0.2) is 60.7 Å². The largest absolute Gasteiger partial charge is 0.325 e. The summed E-state index contributed by atoms with van der Waals surface area (Å²) in [6.07, 6.45) is 2.80. The van der Waals surface area contributed by atoms with E-state index in [1.54, 1.807) is 18.2 Å². The number of hydrogen-bond acceptors (Lipinski definition) is 5. The Morgan fingerprint density at radius 3 is 2.64 bits per heavy atom. The molecule has 0 atom stereocenters. The minimum Gasteiger partial charge on any atom is -0.325 e. The highest BCUT2D eigenvalue weighted by Crippen LogP contribution is 2.23. The van der Waals surface area contributed by atoms with E-state index in [1.165, 1.54) is 27.0 Å². The first-order chi connectivity index (χ1) is 12.0.